The van der Waals surface area contributed by atoms with Crippen molar-refractivity contribution in [2.75, 3.05) is 19.6 Å². The highest BCUT2D eigenvalue weighted by Gasteiger charge is 2.27. The van der Waals surface area contributed by atoms with Crippen LogP contribution in [0.1, 0.15) is 44.1 Å². The molecule has 0 radical (unpaired) electrons. The molecule has 24 heavy (non-hydrogen) atoms. The number of amides is 1. The van der Waals surface area contributed by atoms with Crippen LogP contribution in [0.2, 0.25) is 0 Å². The first kappa shape index (κ1) is 17.4. The Morgan fingerprint density at radius 2 is 2.00 bits per heavy atom. The zero-order valence-corrected chi connectivity index (χ0v) is 14.5. The molecule has 3 unspecified atom stereocenters. The number of likely N-dealkylation sites (tertiary alicyclic amines) is 1. The van der Waals surface area contributed by atoms with E-state index >= 15 is 0 Å². The molecule has 2 aliphatic rings. The summed E-state index contributed by atoms with van der Waals surface area (Å²) in [6.45, 7) is 3.59. The Labute approximate surface area is 145 Å². The SMILES string of the molecule is O=C(NCC1CCCC(O)C1)C1CCCN(Cc2ccccc2)C1. The highest BCUT2D eigenvalue weighted by Crippen LogP contribution is 2.24. The molecule has 2 N–H and O–H groups in total. The van der Waals surface area contributed by atoms with E-state index in [9.17, 15) is 9.90 Å². The molecular weight excluding hydrogens is 300 g/mol. The van der Waals surface area contributed by atoms with Gasteiger partial charge in [-0.15, -0.1) is 0 Å². The molecule has 1 aromatic rings. The Kier molecular flexibility index (Phi) is 6.27. The van der Waals surface area contributed by atoms with Gasteiger partial charge in [0, 0.05) is 19.6 Å². The number of hydrogen-bond donors (Lipinski definition) is 2. The molecule has 1 heterocycles. The molecule has 1 aliphatic carbocycles. The van der Waals surface area contributed by atoms with Gasteiger partial charge in [-0.1, -0.05) is 36.8 Å². The van der Waals surface area contributed by atoms with Gasteiger partial charge in [-0.3, -0.25) is 9.69 Å². The lowest BCUT2D eigenvalue weighted by Gasteiger charge is -2.32. The maximum atomic E-state index is 12.5. The van der Waals surface area contributed by atoms with Crippen molar-refractivity contribution in [3.63, 3.8) is 0 Å². The van der Waals surface area contributed by atoms with Gasteiger partial charge in [0.1, 0.15) is 0 Å². The smallest absolute Gasteiger partial charge is 0.224 e. The summed E-state index contributed by atoms with van der Waals surface area (Å²) in [5, 5.41) is 12.9. The molecule has 0 bridgehead atoms. The van der Waals surface area contributed by atoms with Crippen LogP contribution in [0.3, 0.4) is 0 Å². The van der Waals surface area contributed by atoms with Crippen LogP contribution in [0.15, 0.2) is 30.3 Å². The van der Waals surface area contributed by atoms with Crippen molar-refractivity contribution < 1.29 is 9.90 Å². The third kappa shape index (κ3) is 5.05. The normalized spacial score (nSPS) is 28.5. The Hall–Kier alpha value is -1.39. The van der Waals surface area contributed by atoms with Gasteiger partial charge >= 0.3 is 0 Å². The van der Waals surface area contributed by atoms with Gasteiger partial charge in [0.2, 0.25) is 5.91 Å². The summed E-state index contributed by atoms with van der Waals surface area (Å²) in [6.07, 6.45) is 5.87. The third-order valence-electron chi connectivity index (χ3n) is 5.45. The summed E-state index contributed by atoms with van der Waals surface area (Å²) in [7, 11) is 0. The topological polar surface area (TPSA) is 52.6 Å². The lowest BCUT2D eigenvalue weighted by atomic mass is 9.87. The molecular formula is C20H30N2O2. The number of rotatable bonds is 5. The monoisotopic (exact) mass is 330 g/mol. The zero-order valence-electron chi connectivity index (χ0n) is 14.5. The van der Waals surface area contributed by atoms with Crippen molar-refractivity contribution in [3.8, 4) is 0 Å². The summed E-state index contributed by atoms with van der Waals surface area (Å²) < 4.78 is 0. The number of aliphatic hydroxyl groups excluding tert-OH is 1. The number of aliphatic hydroxyl groups is 1. The number of carbonyl (C=O) groups is 1. The van der Waals surface area contributed by atoms with Crippen LogP contribution in [0.5, 0.6) is 0 Å². The van der Waals surface area contributed by atoms with Gasteiger partial charge in [0.05, 0.1) is 12.0 Å². The number of carbonyl (C=O) groups excluding carboxylic acids is 1. The Morgan fingerprint density at radius 1 is 1.17 bits per heavy atom. The van der Waals surface area contributed by atoms with E-state index in [0.29, 0.717) is 5.92 Å². The maximum Gasteiger partial charge on any atom is 0.224 e. The first-order valence-electron chi connectivity index (χ1n) is 9.43. The summed E-state index contributed by atoms with van der Waals surface area (Å²) in [5.41, 5.74) is 1.31. The average molecular weight is 330 g/mol. The number of nitrogens with zero attached hydrogens (tertiary/aromatic N) is 1. The molecule has 1 saturated carbocycles. The number of hydrogen-bond acceptors (Lipinski definition) is 3. The van der Waals surface area contributed by atoms with Crippen molar-refractivity contribution >= 4 is 5.91 Å². The summed E-state index contributed by atoms with van der Waals surface area (Å²) in [5.74, 6) is 0.755. The first-order chi connectivity index (χ1) is 11.7. The second-order valence-corrected chi connectivity index (χ2v) is 7.49. The van der Waals surface area contributed by atoms with Gasteiger partial charge < -0.3 is 10.4 Å². The fraction of sp³-hybridized carbons (Fsp3) is 0.650. The van der Waals surface area contributed by atoms with Crippen molar-refractivity contribution in [3.05, 3.63) is 35.9 Å². The maximum absolute atomic E-state index is 12.5. The molecule has 0 spiro atoms. The molecule has 1 aromatic carbocycles. The summed E-state index contributed by atoms with van der Waals surface area (Å²) >= 11 is 0. The molecule has 3 rings (SSSR count). The second-order valence-electron chi connectivity index (χ2n) is 7.49. The van der Waals surface area contributed by atoms with Crippen LogP contribution in [0.25, 0.3) is 0 Å². The molecule has 4 heteroatoms. The summed E-state index contributed by atoms with van der Waals surface area (Å²) in [4.78, 5) is 14.9. The Bertz CT molecular complexity index is 520. The number of piperidine rings is 1. The van der Waals surface area contributed by atoms with E-state index in [4.69, 9.17) is 0 Å². The van der Waals surface area contributed by atoms with E-state index in [1.807, 2.05) is 6.07 Å². The standard InChI is InChI=1S/C20H30N2O2/c23-19-10-4-8-17(12-19)13-21-20(24)18-9-5-11-22(15-18)14-16-6-2-1-3-7-16/h1-3,6-7,17-19,23H,4-5,8-15H2,(H,21,24). The minimum atomic E-state index is -0.170. The van der Waals surface area contributed by atoms with E-state index in [2.05, 4.69) is 34.5 Å². The van der Waals surface area contributed by atoms with E-state index in [1.165, 1.54) is 5.56 Å². The van der Waals surface area contributed by atoms with Gasteiger partial charge in [0.15, 0.2) is 0 Å². The van der Waals surface area contributed by atoms with Crippen LogP contribution in [0.4, 0.5) is 0 Å². The van der Waals surface area contributed by atoms with Crippen LogP contribution in [0, 0.1) is 11.8 Å². The predicted octanol–water partition coefficient (Wildman–Crippen LogP) is 2.57. The molecule has 3 atom stereocenters. The van der Waals surface area contributed by atoms with Gasteiger partial charge in [-0.05, 0) is 50.1 Å². The Morgan fingerprint density at radius 3 is 2.79 bits per heavy atom. The first-order valence-corrected chi connectivity index (χ1v) is 9.43. The third-order valence-corrected chi connectivity index (χ3v) is 5.45. The van der Waals surface area contributed by atoms with Crippen LogP contribution >= 0.6 is 0 Å². The largest absolute Gasteiger partial charge is 0.393 e. The number of benzene rings is 1. The lowest BCUT2D eigenvalue weighted by molar-refractivity contribution is -0.127. The Balaban J connectivity index is 1.44. The van der Waals surface area contributed by atoms with Crippen LogP contribution in [-0.4, -0.2) is 41.7 Å². The van der Waals surface area contributed by atoms with Crippen molar-refractivity contribution in [2.45, 2.75) is 51.2 Å². The van der Waals surface area contributed by atoms with Crippen molar-refractivity contribution in [1.82, 2.24) is 10.2 Å². The molecule has 0 aromatic heterocycles. The quantitative estimate of drug-likeness (QED) is 0.872. The van der Waals surface area contributed by atoms with E-state index in [-0.39, 0.29) is 17.9 Å². The van der Waals surface area contributed by atoms with Gasteiger partial charge in [-0.2, -0.15) is 0 Å². The van der Waals surface area contributed by atoms with Crippen LogP contribution in [-0.2, 0) is 11.3 Å². The van der Waals surface area contributed by atoms with E-state index < -0.39 is 0 Å². The van der Waals surface area contributed by atoms with Crippen molar-refractivity contribution in [1.29, 1.82) is 0 Å². The number of nitrogens with one attached hydrogen (secondary N) is 1. The summed E-state index contributed by atoms with van der Waals surface area (Å²) in [6, 6.07) is 10.5. The average Bonchev–Trinajstić information content (AvgIpc) is 2.61. The van der Waals surface area contributed by atoms with Crippen LogP contribution < -0.4 is 5.32 Å². The van der Waals surface area contributed by atoms with Gasteiger partial charge in [-0.25, -0.2) is 0 Å². The fourth-order valence-corrected chi connectivity index (χ4v) is 4.09. The van der Waals surface area contributed by atoms with Crippen molar-refractivity contribution in [2.24, 2.45) is 11.8 Å². The zero-order chi connectivity index (χ0) is 16.8. The molecule has 1 aliphatic heterocycles. The molecule has 2 fully saturated rings. The van der Waals surface area contributed by atoms with Gasteiger partial charge in [0.25, 0.3) is 0 Å². The van der Waals surface area contributed by atoms with E-state index in [0.717, 1.165) is 64.7 Å². The second kappa shape index (κ2) is 8.63. The molecule has 1 amide bonds. The predicted molar refractivity (Wildman–Crippen MR) is 95.4 cm³/mol. The molecule has 1 saturated heterocycles. The lowest BCUT2D eigenvalue weighted by Crippen LogP contribution is -2.44. The highest BCUT2D eigenvalue weighted by molar-refractivity contribution is 5.78. The minimum absolute atomic E-state index is 0.107. The molecule has 132 valence electrons. The van der Waals surface area contributed by atoms with E-state index in [1.54, 1.807) is 0 Å². The fourth-order valence-electron chi connectivity index (χ4n) is 4.09. The minimum Gasteiger partial charge on any atom is -0.393 e. The highest BCUT2D eigenvalue weighted by atomic mass is 16.3. The molecule has 4 nitrogen and oxygen atoms in total.